The number of rotatable bonds is 6. The van der Waals surface area contributed by atoms with Crippen molar-refractivity contribution >= 4 is 33.9 Å². The van der Waals surface area contributed by atoms with E-state index in [1.807, 2.05) is 0 Å². The largest absolute Gasteiger partial charge is 0.332 e. The van der Waals surface area contributed by atoms with Crippen LogP contribution < -0.4 is 5.32 Å². The van der Waals surface area contributed by atoms with Crippen LogP contribution in [-0.4, -0.2) is 25.2 Å². The Labute approximate surface area is 172 Å². The summed E-state index contributed by atoms with van der Waals surface area (Å²) >= 11 is 3.18. The molecule has 142 valence electrons. The molecule has 0 saturated carbocycles. The number of benzene rings is 2. The van der Waals surface area contributed by atoms with Crippen LogP contribution >= 0.6 is 23.1 Å². The molecule has 8 heteroatoms. The van der Waals surface area contributed by atoms with E-state index in [-0.39, 0.29) is 0 Å². The van der Waals surface area contributed by atoms with Crippen LogP contribution in [-0.2, 0) is 5.75 Å². The van der Waals surface area contributed by atoms with E-state index in [9.17, 15) is 0 Å². The highest BCUT2D eigenvalue weighted by Gasteiger charge is 2.12. The summed E-state index contributed by atoms with van der Waals surface area (Å²) in [7, 11) is 0. The van der Waals surface area contributed by atoms with E-state index in [0.29, 0.717) is 5.75 Å². The van der Waals surface area contributed by atoms with Crippen molar-refractivity contribution in [3.8, 4) is 5.69 Å². The molecule has 0 spiro atoms. The Hall–Kier alpha value is -2.71. The number of thiazole rings is 1. The number of nitrogens with one attached hydrogen (secondary N) is 1. The van der Waals surface area contributed by atoms with Crippen LogP contribution in [0.25, 0.3) is 5.69 Å². The molecule has 0 bridgehead atoms. The highest BCUT2D eigenvalue weighted by atomic mass is 32.2. The second kappa shape index (κ2) is 8.12. The number of tetrazole rings is 1. The summed E-state index contributed by atoms with van der Waals surface area (Å²) < 4.78 is 1.79. The van der Waals surface area contributed by atoms with Gasteiger partial charge in [0.25, 0.3) is 0 Å². The molecule has 0 atom stereocenters. The topological polar surface area (TPSA) is 68.5 Å². The number of hydrogen-bond donors (Lipinski definition) is 1. The molecule has 6 nitrogen and oxygen atoms in total. The molecule has 0 amide bonds. The second-order valence-corrected chi connectivity index (χ2v) is 8.39. The number of aryl methyl sites for hydroxylation is 3. The Morgan fingerprint density at radius 1 is 1.04 bits per heavy atom. The smallest absolute Gasteiger partial charge is 0.214 e. The summed E-state index contributed by atoms with van der Waals surface area (Å²) in [6.07, 6.45) is 0. The first-order chi connectivity index (χ1) is 13.6. The van der Waals surface area contributed by atoms with Crippen LogP contribution in [0.3, 0.4) is 0 Å². The Kier molecular flexibility index (Phi) is 5.40. The Morgan fingerprint density at radius 3 is 2.61 bits per heavy atom. The molecule has 0 saturated heterocycles. The number of nitrogens with zero attached hydrogens (tertiary/aromatic N) is 5. The Bertz CT molecular complexity index is 1080. The third kappa shape index (κ3) is 4.23. The van der Waals surface area contributed by atoms with E-state index in [1.165, 1.54) is 11.1 Å². The normalized spacial score (nSPS) is 11.0. The zero-order chi connectivity index (χ0) is 19.5. The maximum absolute atomic E-state index is 4.67. The summed E-state index contributed by atoms with van der Waals surface area (Å²) in [5.74, 6) is 0.706. The third-order valence-corrected chi connectivity index (χ3v) is 5.98. The van der Waals surface area contributed by atoms with Gasteiger partial charge in [-0.1, -0.05) is 47.2 Å². The summed E-state index contributed by atoms with van der Waals surface area (Å²) in [6.45, 7) is 6.23. The van der Waals surface area contributed by atoms with Gasteiger partial charge in [-0.2, -0.15) is 4.68 Å². The van der Waals surface area contributed by atoms with Crippen molar-refractivity contribution < 1.29 is 0 Å². The monoisotopic (exact) mass is 408 g/mol. The van der Waals surface area contributed by atoms with Crippen LogP contribution in [0.1, 0.15) is 22.4 Å². The SMILES string of the molecule is Cc1ccc(Nc2nc(CSc3nnnn3-c3ccc(C)cc3C)cs2)cc1. The second-order valence-electron chi connectivity index (χ2n) is 6.59. The third-order valence-electron chi connectivity index (χ3n) is 4.23. The summed E-state index contributed by atoms with van der Waals surface area (Å²) in [5.41, 5.74) is 6.64. The van der Waals surface area contributed by atoms with Gasteiger partial charge in [-0.05, 0) is 55.0 Å². The van der Waals surface area contributed by atoms with Gasteiger partial charge in [-0.25, -0.2) is 4.98 Å². The molecule has 0 radical (unpaired) electrons. The van der Waals surface area contributed by atoms with Gasteiger partial charge < -0.3 is 5.32 Å². The summed E-state index contributed by atoms with van der Waals surface area (Å²) in [5, 5.41) is 19.2. The summed E-state index contributed by atoms with van der Waals surface area (Å²) in [4.78, 5) is 4.67. The molecule has 4 aromatic rings. The lowest BCUT2D eigenvalue weighted by molar-refractivity contribution is 0.751. The van der Waals surface area contributed by atoms with Crippen molar-refractivity contribution in [3.05, 3.63) is 70.2 Å². The first kappa shape index (κ1) is 18.6. The maximum atomic E-state index is 4.67. The molecule has 0 fully saturated rings. The Morgan fingerprint density at radius 2 is 1.82 bits per heavy atom. The minimum atomic E-state index is 0.706. The average molecular weight is 409 g/mol. The van der Waals surface area contributed by atoms with Gasteiger partial charge >= 0.3 is 0 Å². The average Bonchev–Trinajstić information content (AvgIpc) is 3.31. The van der Waals surface area contributed by atoms with Crippen molar-refractivity contribution in [2.45, 2.75) is 31.7 Å². The molecule has 2 heterocycles. The molecule has 1 N–H and O–H groups in total. The zero-order valence-corrected chi connectivity index (χ0v) is 17.5. The lowest BCUT2D eigenvalue weighted by Gasteiger charge is -2.07. The van der Waals surface area contributed by atoms with Crippen LogP contribution in [0.15, 0.2) is 53.0 Å². The van der Waals surface area contributed by atoms with Gasteiger partial charge in [0, 0.05) is 16.8 Å². The quantitative estimate of drug-likeness (QED) is 0.449. The Balaban J connectivity index is 1.44. The zero-order valence-electron chi connectivity index (χ0n) is 15.9. The van der Waals surface area contributed by atoms with E-state index in [1.54, 1.807) is 27.8 Å². The molecule has 28 heavy (non-hydrogen) atoms. The van der Waals surface area contributed by atoms with Gasteiger partial charge in [0.1, 0.15) is 0 Å². The van der Waals surface area contributed by atoms with Crippen molar-refractivity contribution in [1.82, 2.24) is 25.2 Å². The molecule has 0 aliphatic carbocycles. The lowest BCUT2D eigenvalue weighted by atomic mass is 10.1. The van der Waals surface area contributed by atoms with Gasteiger partial charge in [0.05, 0.1) is 11.4 Å². The maximum Gasteiger partial charge on any atom is 0.214 e. The minimum Gasteiger partial charge on any atom is -0.332 e. The first-order valence-corrected chi connectivity index (χ1v) is 10.7. The molecule has 2 aromatic heterocycles. The predicted molar refractivity (Wildman–Crippen MR) is 115 cm³/mol. The van der Waals surface area contributed by atoms with Crippen LogP contribution in [0, 0.1) is 20.8 Å². The first-order valence-electron chi connectivity index (χ1n) is 8.85. The molecular formula is C20H20N6S2. The van der Waals surface area contributed by atoms with E-state index in [0.717, 1.165) is 32.9 Å². The summed E-state index contributed by atoms with van der Waals surface area (Å²) in [6, 6.07) is 14.5. The molecule has 0 aliphatic heterocycles. The molecule has 0 unspecified atom stereocenters. The molecule has 0 aliphatic rings. The number of hydrogen-bond acceptors (Lipinski definition) is 7. The van der Waals surface area contributed by atoms with Gasteiger partial charge in [0.15, 0.2) is 5.13 Å². The van der Waals surface area contributed by atoms with Crippen LogP contribution in [0.5, 0.6) is 0 Å². The predicted octanol–water partition coefficient (Wildman–Crippen LogP) is 5.08. The van der Waals surface area contributed by atoms with Crippen molar-refractivity contribution in [2.75, 3.05) is 5.32 Å². The highest BCUT2D eigenvalue weighted by Crippen LogP contribution is 2.27. The fourth-order valence-corrected chi connectivity index (χ4v) is 4.40. The fraction of sp³-hybridized carbons (Fsp3) is 0.200. The lowest BCUT2D eigenvalue weighted by Crippen LogP contribution is -2.02. The number of aromatic nitrogens is 5. The van der Waals surface area contributed by atoms with Gasteiger partial charge in [0.2, 0.25) is 5.16 Å². The van der Waals surface area contributed by atoms with Crippen LogP contribution in [0.2, 0.25) is 0 Å². The minimum absolute atomic E-state index is 0.706. The standard InChI is InChI=1S/C20H20N6S2/c1-13-4-7-16(8-5-13)21-19-22-17(11-27-19)12-28-20-23-24-25-26(20)18-9-6-14(2)10-15(18)3/h4-11H,12H2,1-3H3,(H,21,22). The molecular weight excluding hydrogens is 388 g/mol. The van der Waals surface area contributed by atoms with E-state index >= 15 is 0 Å². The van der Waals surface area contributed by atoms with Crippen molar-refractivity contribution in [3.63, 3.8) is 0 Å². The van der Waals surface area contributed by atoms with Crippen LogP contribution in [0.4, 0.5) is 10.8 Å². The van der Waals surface area contributed by atoms with E-state index < -0.39 is 0 Å². The number of thioether (sulfide) groups is 1. The molecule has 2 aromatic carbocycles. The van der Waals surface area contributed by atoms with Gasteiger partial charge in [-0.15, -0.1) is 16.4 Å². The van der Waals surface area contributed by atoms with E-state index in [2.05, 4.69) is 94.4 Å². The van der Waals surface area contributed by atoms with Gasteiger partial charge in [-0.3, -0.25) is 0 Å². The van der Waals surface area contributed by atoms with Crippen molar-refractivity contribution in [2.24, 2.45) is 0 Å². The van der Waals surface area contributed by atoms with E-state index in [4.69, 9.17) is 0 Å². The molecule has 4 rings (SSSR count). The van der Waals surface area contributed by atoms with Crippen molar-refractivity contribution in [1.29, 1.82) is 0 Å². The highest BCUT2D eigenvalue weighted by molar-refractivity contribution is 7.98. The number of anilines is 2. The fourth-order valence-electron chi connectivity index (χ4n) is 2.79.